The third-order valence-corrected chi connectivity index (χ3v) is 6.34. The van der Waals surface area contributed by atoms with Crippen molar-refractivity contribution in [2.75, 3.05) is 6.61 Å². The standard InChI is InChI=1S/C25H25Cl2N3O5/c1-5-35-24(33)19(28-22(31)21-17(26)7-6-8-18(21)27)13-15-9-11-16(12-10-15)20-14(2)29(3)25(34)30(4)23(20)32/h6-12,19H,5,13H2,1-4H3,(H,28,31). The van der Waals surface area contributed by atoms with Crippen LogP contribution in [0.2, 0.25) is 10.0 Å². The van der Waals surface area contributed by atoms with Gasteiger partial charge in [0.25, 0.3) is 11.5 Å². The Morgan fingerprint density at radius 1 is 1.00 bits per heavy atom. The fraction of sp³-hybridized carbons (Fsp3) is 0.280. The summed E-state index contributed by atoms with van der Waals surface area (Å²) >= 11 is 12.3. The van der Waals surface area contributed by atoms with Gasteiger partial charge in [0.1, 0.15) is 6.04 Å². The van der Waals surface area contributed by atoms with E-state index in [1.54, 1.807) is 51.2 Å². The van der Waals surface area contributed by atoms with Gasteiger partial charge < -0.3 is 14.6 Å². The quantitative estimate of drug-likeness (QED) is 0.484. The van der Waals surface area contributed by atoms with E-state index in [-0.39, 0.29) is 28.6 Å². The smallest absolute Gasteiger partial charge is 0.330 e. The molecule has 3 aromatic rings. The van der Waals surface area contributed by atoms with Gasteiger partial charge in [-0.05, 0) is 37.1 Å². The van der Waals surface area contributed by atoms with Crippen LogP contribution in [0.25, 0.3) is 11.1 Å². The molecule has 0 radical (unpaired) electrons. The minimum Gasteiger partial charge on any atom is -0.464 e. The molecule has 0 aliphatic rings. The van der Waals surface area contributed by atoms with Crippen LogP contribution in [0.5, 0.6) is 0 Å². The lowest BCUT2D eigenvalue weighted by molar-refractivity contribution is -0.145. The molecule has 1 N–H and O–H groups in total. The van der Waals surface area contributed by atoms with Crippen LogP contribution in [0, 0.1) is 6.92 Å². The van der Waals surface area contributed by atoms with E-state index in [9.17, 15) is 19.2 Å². The van der Waals surface area contributed by atoms with Crippen LogP contribution in [-0.2, 0) is 30.0 Å². The van der Waals surface area contributed by atoms with Crippen molar-refractivity contribution in [3.8, 4) is 11.1 Å². The molecule has 0 spiro atoms. The van der Waals surface area contributed by atoms with Gasteiger partial charge in [-0.3, -0.25) is 14.2 Å². The SMILES string of the molecule is CCOC(=O)C(Cc1ccc(-c2c(C)n(C)c(=O)n(C)c2=O)cc1)NC(=O)c1c(Cl)cccc1Cl. The van der Waals surface area contributed by atoms with Gasteiger partial charge in [-0.15, -0.1) is 0 Å². The number of halogens is 2. The van der Waals surface area contributed by atoms with Crippen LogP contribution < -0.4 is 16.6 Å². The van der Waals surface area contributed by atoms with Gasteiger partial charge in [-0.2, -0.15) is 0 Å². The maximum atomic E-state index is 12.8. The lowest BCUT2D eigenvalue weighted by Crippen LogP contribution is -2.43. The number of esters is 1. The first-order valence-corrected chi connectivity index (χ1v) is 11.6. The predicted octanol–water partition coefficient (Wildman–Crippen LogP) is 3.27. The zero-order valence-corrected chi connectivity index (χ0v) is 21.2. The van der Waals surface area contributed by atoms with E-state index >= 15 is 0 Å². The number of aromatic nitrogens is 2. The van der Waals surface area contributed by atoms with Crippen molar-refractivity contribution in [3.05, 3.63) is 90.2 Å². The van der Waals surface area contributed by atoms with Gasteiger partial charge in [0, 0.05) is 26.2 Å². The highest BCUT2D eigenvalue weighted by molar-refractivity contribution is 6.39. The summed E-state index contributed by atoms with van der Waals surface area (Å²) in [5.41, 5.74) is 1.56. The Kier molecular flexibility index (Phi) is 8.19. The van der Waals surface area contributed by atoms with Crippen LogP contribution >= 0.6 is 23.2 Å². The highest BCUT2D eigenvalue weighted by Gasteiger charge is 2.25. The van der Waals surface area contributed by atoms with Crippen molar-refractivity contribution in [1.29, 1.82) is 0 Å². The highest BCUT2D eigenvalue weighted by Crippen LogP contribution is 2.24. The maximum absolute atomic E-state index is 12.8. The van der Waals surface area contributed by atoms with Crippen molar-refractivity contribution in [2.45, 2.75) is 26.3 Å². The molecule has 1 heterocycles. The normalized spacial score (nSPS) is 11.7. The summed E-state index contributed by atoms with van der Waals surface area (Å²) in [6, 6.07) is 10.7. The fourth-order valence-electron chi connectivity index (χ4n) is 3.70. The number of nitrogens with zero attached hydrogens (tertiary/aromatic N) is 2. The predicted molar refractivity (Wildman–Crippen MR) is 135 cm³/mol. The number of hydrogen-bond donors (Lipinski definition) is 1. The average molecular weight is 518 g/mol. The van der Waals surface area contributed by atoms with Crippen molar-refractivity contribution in [2.24, 2.45) is 14.1 Å². The molecule has 0 aliphatic heterocycles. The number of carbonyl (C=O) groups is 2. The number of ether oxygens (including phenoxy) is 1. The van der Waals surface area contributed by atoms with E-state index in [1.807, 2.05) is 0 Å². The first kappa shape index (κ1) is 26.2. The molecule has 35 heavy (non-hydrogen) atoms. The molecule has 0 saturated carbocycles. The van der Waals surface area contributed by atoms with Crippen LogP contribution in [0.1, 0.15) is 28.5 Å². The number of amides is 1. The van der Waals surface area contributed by atoms with E-state index in [2.05, 4.69) is 5.32 Å². The summed E-state index contributed by atoms with van der Waals surface area (Å²) in [6.07, 6.45) is 0.136. The second-order valence-corrected chi connectivity index (χ2v) is 8.76. The lowest BCUT2D eigenvalue weighted by Gasteiger charge is -2.19. The summed E-state index contributed by atoms with van der Waals surface area (Å²) in [5, 5.41) is 2.99. The molecule has 3 rings (SSSR count). The van der Waals surface area contributed by atoms with Gasteiger partial charge in [0.2, 0.25) is 0 Å². The molecule has 1 amide bonds. The van der Waals surface area contributed by atoms with Crippen molar-refractivity contribution in [1.82, 2.24) is 14.5 Å². The summed E-state index contributed by atoms with van der Waals surface area (Å²) in [5.74, 6) is -1.20. The lowest BCUT2D eigenvalue weighted by atomic mass is 10.00. The molecule has 0 saturated heterocycles. The minimum atomic E-state index is -0.993. The van der Waals surface area contributed by atoms with E-state index in [1.165, 1.54) is 23.7 Å². The molecule has 0 fully saturated rings. The highest BCUT2D eigenvalue weighted by atomic mass is 35.5. The van der Waals surface area contributed by atoms with Crippen molar-refractivity contribution in [3.63, 3.8) is 0 Å². The van der Waals surface area contributed by atoms with Crippen LogP contribution in [0.4, 0.5) is 0 Å². The van der Waals surface area contributed by atoms with E-state index in [0.29, 0.717) is 16.8 Å². The Morgan fingerprint density at radius 2 is 1.60 bits per heavy atom. The minimum absolute atomic E-state index is 0.0708. The molecule has 2 aromatic carbocycles. The largest absolute Gasteiger partial charge is 0.464 e. The molecular formula is C25H25Cl2N3O5. The van der Waals surface area contributed by atoms with Gasteiger partial charge >= 0.3 is 11.7 Å². The number of carbonyl (C=O) groups excluding carboxylic acids is 2. The third kappa shape index (κ3) is 5.49. The van der Waals surface area contributed by atoms with Crippen LogP contribution in [0.15, 0.2) is 52.1 Å². The molecule has 184 valence electrons. The Bertz CT molecular complexity index is 1370. The third-order valence-electron chi connectivity index (χ3n) is 5.71. The fourth-order valence-corrected chi connectivity index (χ4v) is 4.27. The Morgan fingerprint density at radius 3 is 2.17 bits per heavy atom. The summed E-state index contributed by atoms with van der Waals surface area (Å²) in [7, 11) is 3.03. The number of hydrogen-bond acceptors (Lipinski definition) is 5. The van der Waals surface area contributed by atoms with Crippen LogP contribution in [0.3, 0.4) is 0 Å². The monoisotopic (exact) mass is 517 g/mol. The van der Waals surface area contributed by atoms with Gasteiger partial charge in [0.05, 0.1) is 27.8 Å². The Balaban J connectivity index is 1.90. The summed E-state index contributed by atoms with van der Waals surface area (Å²) in [6.45, 7) is 3.52. The average Bonchev–Trinajstić information content (AvgIpc) is 2.82. The molecule has 1 unspecified atom stereocenters. The molecule has 1 atom stereocenters. The van der Waals surface area contributed by atoms with Crippen molar-refractivity contribution >= 4 is 35.1 Å². The Labute approximate surface area is 212 Å². The number of nitrogens with one attached hydrogen (secondary N) is 1. The first-order chi connectivity index (χ1) is 16.6. The first-order valence-electron chi connectivity index (χ1n) is 10.8. The zero-order chi connectivity index (χ0) is 25.9. The van der Waals surface area contributed by atoms with Gasteiger partial charge in [-0.25, -0.2) is 9.59 Å². The molecule has 0 aliphatic carbocycles. The second kappa shape index (κ2) is 10.9. The molecule has 10 heteroatoms. The van der Waals surface area contributed by atoms with Gasteiger partial charge in [-0.1, -0.05) is 53.5 Å². The molecule has 8 nitrogen and oxygen atoms in total. The number of rotatable bonds is 7. The maximum Gasteiger partial charge on any atom is 0.330 e. The van der Waals surface area contributed by atoms with E-state index in [0.717, 1.165) is 10.1 Å². The molecule has 0 bridgehead atoms. The van der Waals surface area contributed by atoms with E-state index < -0.39 is 29.2 Å². The number of benzene rings is 2. The molecule has 1 aromatic heterocycles. The van der Waals surface area contributed by atoms with Crippen molar-refractivity contribution < 1.29 is 14.3 Å². The summed E-state index contributed by atoms with van der Waals surface area (Å²) < 4.78 is 7.61. The molecular weight excluding hydrogens is 493 g/mol. The topological polar surface area (TPSA) is 99.4 Å². The summed E-state index contributed by atoms with van der Waals surface area (Å²) in [4.78, 5) is 50.3. The van der Waals surface area contributed by atoms with Gasteiger partial charge in [0.15, 0.2) is 0 Å². The van der Waals surface area contributed by atoms with Crippen LogP contribution in [-0.4, -0.2) is 33.7 Å². The Hall–Kier alpha value is -3.36. The van der Waals surface area contributed by atoms with E-state index in [4.69, 9.17) is 27.9 Å². The zero-order valence-electron chi connectivity index (χ0n) is 19.7. The second-order valence-electron chi connectivity index (χ2n) is 7.94.